The number of alkyl halides is 2. The van der Waals surface area contributed by atoms with Gasteiger partial charge in [0.05, 0.1) is 19.1 Å². The van der Waals surface area contributed by atoms with Crippen molar-refractivity contribution in [1.29, 1.82) is 5.26 Å². The first-order chi connectivity index (χ1) is 7.49. The highest BCUT2D eigenvalue weighted by Crippen LogP contribution is 2.02. The van der Waals surface area contributed by atoms with Gasteiger partial charge in [-0.1, -0.05) is 0 Å². The molecule has 0 saturated heterocycles. The highest BCUT2D eigenvalue weighted by molar-refractivity contribution is 5.76. The van der Waals surface area contributed by atoms with E-state index in [1.54, 1.807) is 13.8 Å². The number of carbonyl (C=O) groups is 1. The van der Waals surface area contributed by atoms with Crippen LogP contribution in [0, 0.1) is 11.3 Å². The van der Waals surface area contributed by atoms with Crippen LogP contribution >= 0.6 is 0 Å². The van der Waals surface area contributed by atoms with Crippen molar-refractivity contribution in [3.05, 3.63) is 0 Å². The maximum atomic E-state index is 11.7. The maximum Gasteiger partial charge on any atom is 0.261 e. The maximum absolute atomic E-state index is 11.7. The standard InChI is InChI=1S/C10H16F2N2O2/c1-8(2)14(5-4-13)10(15)3-6-16-7-9(11)12/h8-9H,3,5-7H2,1-2H3. The van der Waals surface area contributed by atoms with Crippen molar-refractivity contribution in [1.82, 2.24) is 4.90 Å². The molecule has 0 aliphatic heterocycles. The number of halogens is 2. The predicted octanol–water partition coefficient (Wildman–Crippen LogP) is 1.42. The Hall–Kier alpha value is -1.22. The molecule has 0 fully saturated rings. The molecule has 0 radical (unpaired) electrons. The van der Waals surface area contributed by atoms with E-state index in [2.05, 4.69) is 4.74 Å². The molecule has 0 aromatic heterocycles. The molecular weight excluding hydrogens is 218 g/mol. The van der Waals surface area contributed by atoms with Gasteiger partial charge in [-0.15, -0.1) is 0 Å². The lowest BCUT2D eigenvalue weighted by molar-refractivity contribution is -0.133. The fourth-order valence-electron chi connectivity index (χ4n) is 1.11. The Morgan fingerprint density at radius 3 is 2.56 bits per heavy atom. The van der Waals surface area contributed by atoms with Gasteiger partial charge in [0.1, 0.15) is 13.2 Å². The van der Waals surface area contributed by atoms with Crippen LogP contribution in [0.2, 0.25) is 0 Å². The summed E-state index contributed by atoms with van der Waals surface area (Å²) in [4.78, 5) is 12.9. The number of hydrogen-bond donors (Lipinski definition) is 0. The number of nitriles is 1. The van der Waals surface area contributed by atoms with Crippen LogP contribution in [-0.4, -0.2) is 43.0 Å². The Labute approximate surface area is 93.8 Å². The van der Waals surface area contributed by atoms with Crippen LogP contribution in [0.25, 0.3) is 0 Å². The summed E-state index contributed by atoms with van der Waals surface area (Å²) in [6.45, 7) is 2.88. The van der Waals surface area contributed by atoms with Gasteiger partial charge in [-0.2, -0.15) is 5.26 Å². The Morgan fingerprint density at radius 1 is 1.50 bits per heavy atom. The van der Waals surface area contributed by atoms with E-state index in [0.29, 0.717) is 0 Å². The first-order valence-electron chi connectivity index (χ1n) is 5.01. The smallest absolute Gasteiger partial charge is 0.261 e. The minimum absolute atomic E-state index is 0.00530. The molecule has 0 saturated carbocycles. The lowest BCUT2D eigenvalue weighted by atomic mass is 10.3. The molecule has 0 N–H and O–H groups in total. The molecule has 1 amide bonds. The third-order valence-corrected chi connectivity index (χ3v) is 1.89. The van der Waals surface area contributed by atoms with E-state index in [0.717, 1.165) is 0 Å². The van der Waals surface area contributed by atoms with Gasteiger partial charge in [-0.25, -0.2) is 8.78 Å². The minimum Gasteiger partial charge on any atom is -0.375 e. The zero-order valence-corrected chi connectivity index (χ0v) is 9.45. The highest BCUT2D eigenvalue weighted by Gasteiger charge is 2.16. The summed E-state index contributed by atoms with van der Waals surface area (Å²) in [6, 6.07) is 1.80. The molecule has 0 bridgehead atoms. The molecule has 0 aliphatic rings. The lowest BCUT2D eigenvalue weighted by Gasteiger charge is -2.23. The molecule has 16 heavy (non-hydrogen) atoms. The average Bonchev–Trinajstić information content (AvgIpc) is 2.19. The zero-order chi connectivity index (χ0) is 12.6. The van der Waals surface area contributed by atoms with E-state index in [4.69, 9.17) is 5.26 Å². The molecule has 0 aromatic rings. The summed E-state index contributed by atoms with van der Waals surface area (Å²) >= 11 is 0. The number of ether oxygens (including phenoxy) is 1. The second kappa shape index (κ2) is 7.99. The van der Waals surface area contributed by atoms with Crippen molar-refractivity contribution >= 4 is 5.91 Å². The number of amides is 1. The molecule has 0 heterocycles. The summed E-state index contributed by atoms with van der Waals surface area (Å²) in [5.74, 6) is -0.259. The van der Waals surface area contributed by atoms with E-state index in [9.17, 15) is 13.6 Å². The largest absolute Gasteiger partial charge is 0.375 e. The van der Waals surface area contributed by atoms with Crippen LogP contribution in [0.3, 0.4) is 0 Å². The van der Waals surface area contributed by atoms with Gasteiger partial charge in [0.25, 0.3) is 6.43 Å². The average molecular weight is 234 g/mol. The predicted molar refractivity (Wildman–Crippen MR) is 53.9 cm³/mol. The second-order valence-corrected chi connectivity index (χ2v) is 3.49. The minimum atomic E-state index is -2.52. The van der Waals surface area contributed by atoms with Gasteiger partial charge >= 0.3 is 0 Å². The monoisotopic (exact) mass is 234 g/mol. The van der Waals surface area contributed by atoms with E-state index in [1.807, 2.05) is 6.07 Å². The van der Waals surface area contributed by atoms with Crippen molar-refractivity contribution in [3.63, 3.8) is 0 Å². The third kappa shape index (κ3) is 6.30. The Kier molecular flexibility index (Phi) is 7.38. The first-order valence-corrected chi connectivity index (χ1v) is 5.01. The van der Waals surface area contributed by atoms with Crippen LogP contribution in [0.1, 0.15) is 20.3 Å². The van der Waals surface area contributed by atoms with Gasteiger partial charge in [-0.3, -0.25) is 4.79 Å². The number of nitrogens with zero attached hydrogens (tertiary/aromatic N) is 2. The third-order valence-electron chi connectivity index (χ3n) is 1.89. The molecule has 4 nitrogen and oxygen atoms in total. The SMILES string of the molecule is CC(C)N(CC#N)C(=O)CCOCC(F)F. The van der Waals surface area contributed by atoms with Gasteiger partial charge in [0, 0.05) is 6.04 Å². The summed E-state index contributed by atoms with van der Waals surface area (Å²) in [5, 5.41) is 8.50. The molecule has 6 heteroatoms. The molecule has 92 valence electrons. The highest BCUT2D eigenvalue weighted by atomic mass is 19.3. The van der Waals surface area contributed by atoms with Crippen LogP contribution in [0.5, 0.6) is 0 Å². The van der Waals surface area contributed by atoms with Crippen molar-refractivity contribution in [2.75, 3.05) is 19.8 Å². The normalized spacial score (nSPS) is 10.6. The number of rotatable bonds is 7. The van der Waals surface area contributed by atoms with Crippen LogP contribution in [-0.2, 0) is 9.53 Å². The molecule has 0 aromatic carbocycles. The van der Waals surface area contributed by atoms with Gasteiger partial charge in [0.2, 0.25) is 5.91 Å². The summed E-state index contributed by atoms with van der Waals surface area (Å²) in [5.41, 5.74) is 0. The van der Waals surface area contributed by atoms with Gasteiger partial charge < -0.3 is 9.64 Å². The van der Waals surface area contributed by atoms with E-state index in [1.165, 1.54) is 4.90 Å². The fourth-order valence-corrected chi connectivity index (χ4v) is 1.11. The van der Waals surface area contributed by atoms with E-state index < -0.39 is 13.0 Å². The zero-order valence-electron chi connectivity index (χ0n) is 9.45. The first kappa shape index (κ1) is 14.8. The Morgan fingerprint density at radius 2 is 2.12 bits per heavy atom. The fraction of sp³-hybridized carbons (Fsp3) is 0.800. The van der Waals surface area contributed by atoms with Crippen LogP contribution in [0.4, 0.5) is 8.78 Å². The van der Waals surface area contributed by atoms with E-state index in [-0.39, 0.29) is 31.5 Å². The quantitative estimate of drug-likeness (QED) is 0.494. The van der Waals surface area contributed by atoms with E-state index >= 15 is 0 Å². The summed E-state index contributed by atoms with van der Waals surface area (Å²) in [7, 11) is 0. The molecule has 0 spiro atoms. The summed E-state index contributed by atoms with van der Waals surface area (Å²) < 4.78 is 28.0. The Bertz CT molecular complexity index is 252. The lowest BCUT2D eigenvalue weighted by Crippen LogP contribution is -2.37. The summed E-state index contributed by atoms with van der Waals surface area (Å²) in [6.07, 6.45) is -2.50. The van der Waals surface area contributed by atoms with Crippen LogP contribution in [0.15, 0.2) is 0 Å². The topological polar surface area (TPSA) is 53.3 Å². The Balaban J connectivity index is 3.89. The van der Waals surface area contributed by atoms with Crippen molar-refractivity contribution in [2.24, 2.45) is 0 Å². The molecule has 0 unspecified atom stereocenters. The molecular formula is C10H16F2N2O2. The number of hydrogen-bond acceptors (Lipinski definition) is 3. The number of carbonyl (C=O) groups excluding carboxylic acids is 1. The second-order valence-electron chi connectivity index (χ2n) is 3.49. The van der Waals surface area contributed by atoms with Crippen molar-refractivity contribution in [2.45, 2.75) is 32.7 Å². The molecule has 0 atom stereocenters. The van der Waals surface area contributed by atoms with Gasteiger partial charge in [-0.05, 0) is 13.8 Å². The van der Waals surface area contributed by atoms with Crippen molar-refractivity contribution in [3.8, 4) is 6.07 Å². The molecule has 0 aliphatic carbocycles. The molecule has 0 rings (SSSR count). The van der Waals surface area contributed by atoms with Gasteiger partial charge in [0.15, 0.2) is 0 Å². The van der Waals surface area contributed by atoms with Crippen LogP contribution < -0.4 is 0 Å². The van der Waals surface area contributed by atoms with Crippen molar-refractivity contribution < 1.29 is 18.3 Å².